The van der Waals surface area contributed by atoms with E-state index >= 15 is 0 Å². The van der Waals surface area contributed by atoms with Crippen molar-refractivity contribution in [1.82, 2.24) is 14.8 Å². The van der Waals surface area contributed by atoms with Crippen LogP contribution in [0.1, 0.15) is 18.1 Å². The van der Waals surface area contributed by atoms with Gasteiger partial charge in [-0.25, -0.2) is 4.98 Å². The number of ether oxygens (including phenoxy) is 1. The number of anilines is 1. The van der Waals surface area contributed by atoms with Crippen molar-refractivity contribution in [2.75, 3.05) is 12.4 Å². The van der Waals surface area contributed by atoms with Gasteiger partial charge in [-0.2, -0.15) is 15.0 Å². The van der Waals surface area contributed by atoms with E-state index in [0.29, 0.717) is 17.1 Å². The van der Waals surface area contributed by atoms with Gasteiger partial charge in [-0.3, -0.25) is 4.79 Å². The Kier molecular flexibility index (Phi) is 4.67. The number of allylic oxidation sites excluding steroid dienone is 1. The van der Waals surface area contributed by atoms with Crippen LogP contribution in [0.3, 0.4) is 0 Å². The summed E-state index contributed by atoms with van der Waals surface area (Å²) < 4.78 is 6.85. The minimum atomic E-state index is -0.346. The van der Waals surface area contributed by atoms with Crippen LogP contribution in [0.15, 0.2) is 42.6 Å². The highest BCUT2D eigenvalue weighted by Crippen LogP contribution is 2.28. The van der Waals surface area contributed by atoms with E-state index in [4.69, 9.17) is 4.74 Å². The Labute approximate surface area is 150 Å². The maximum absolute atomic E-state index is 12.0. The molecule has 130 valence electrons. The number of nitriles is 1. The van der Waals surface area contributed by atoms with Crippen molar-refractivity contribution >= 4 is 22.6 Å². The smallest absolute Gasteiger partial charge is 0.249 e. The van der Waals surface area contributed by atoms with Crippen LogP contribution in [0.25, 0.3) is 16.7 Å². The lowest BCUT2D eigenvalue weighted by Crippen LogP contribution is -2.14. The number of methoxy groups -OCH3 is 1. The number of hydrogen-bond donors (Lipinski definition) is 1. The molecule has 0 fully saturated rings. The van der Waals surface area contributed by atoms with Gasteiger partial charge < -0.3 is 10.1 Å². The molecule has 0 unspecified atom stereocenters. The van der Waals surface area contributed by atoms with Crippen molar-refractivity contribution in [2.45, 2.75) is 13.8 Å². The summed E-state index contributed by atoms with van der Waals surface area (Å²) in [5, 5.41) is 17.2. The first-order chi connectivity index (χ1) is 12.6. The van der Waals surface area contributed by atoms with E-state index in [2.05, 4.69) is 15.4 Å². The Morgan fingerprint density at radius 2 is 2.23 bits per heavy atom. The van der Waals surface area contributed by atoms with E-state index in [1.54, 1.807) is 20.1 Å². The van der Waals surface area contributed by atoms with Gasteiger partial charge in [0.25, 0.3) is 0 Å². The van der Waals surface area contributed by atoms with Crippen LogP contribution >= 0.6 is 0 Å². The number of hydrogen-bond acceptors (Lipinski definition) is 5. The summed E-state index contributed by atoms with van der Waals surface area (Å²) in [5.74, 6) is 1.05. The zero-order chi connectivity index (χ0) is 18.7. The van der Waals surface area contributed by atoms with Gasteiger partial charge >= 0.3 is 0 Å². The lowest BCUT2D eigenvalue weighted by molar-refractivity contribution is -0.111. The number of aromatic nitrogens is 3. The van der Waals surface area contributed by atoms with Gasteiger partial charge in [0.05, 0.1) is 13.3 Å². The second-order valence-corrected chi connectivity index (χ2v) is 5.57. The third-order valence-electron chi connectivity index (χ3n) is 3.88. The SMILES string of the molecule is C/C=C/C(=O)Nc1c(C#N)cnn1-c1cc(C)c2cccc(OC)c2n1. The van der Waals surface area contributed by atoms with Crippen LogP contribution in [-0.2, 0) is 4.79 Å². The van der Waals surface area contributed by atoms with Gasteiger partial charge in [0.1, 0.15) is 22.9 Å². The lowest BCUT2D eigenvalue weighted by atomic mass is 10.1. The van der Waals surface area contributed by atoms with Crippen molar-refractivity contribution in [2.24, 2.45) is 0 Å². The number of nitrogens with zero attached hydrogens (tertiary/aromatic N) is 4. The average Bonchev–Trinajstić information content (AvgIpc) is 3.03. The van der Waals surface area contributed by atoms with Crippen LogP contribution in [-0.4, -0.2) is 27.8 Å². The van der Waals surface area contributed by atoms with Gasteiger partial charge in [0, 0.05) is 5.39 Å². The topological polar surface area (TPSA) is 92.8 Å². The van der Waals surface area contributed by atoms with E-state index in [9.17, 15) is 10.1 Å². The second kappa shape index (κ2) is 7.07. The Balaban J connectivity index is 2.20. The Hall–Kier alpha value is -3.66. The minimum Gasteiger partial charge on any atom is -0.494 e. The molecule has 0 spiro atoms. The fraction of sp³-hybridized carbons (Fsp3) is 0.158. The van der Waals surface area contributed by atoms with Crippen LogP contribution in [0.4, 0.5) is 5.82 Å². The fourth-order valence-electron chi connectivity index (χ4n) is 2.68. The zero-order valence-corrected chi connectivity index (χ0v) is 14.6. The number of carbonyl (C=O) groups is 1. The highest BCUT2D eigenvalue weighted by Gasteiger charge is 2.17. The van der Waals surface area contributed by atoms with E-state index in [1.165, 1.54) is 17.0 Å². The van der Waals surface area contributed by atoms with Gasteiger partial charge in [-0.15, -0.1) is 0 Å². The number of carbonyl (C=O) groups excluding carboxylic acids is 1. The van der Waals surface area contributed by atoms with Crippen molar-refractivity contribution in [1.29, 1.82) is 5.26 Å². The summed E-state index contributed by atoms with van der Waals surface area (Å²) in [4.78, 5) is 16.6. The molecule has 7 heteroatoms. The minimum absolute atomic E-state index is 0.252. The molecule has 0 saturated carbocycles. The van der Waals surface area contributed by atoms with E-state index < -0.39 is 0 Å². The number of rotatable bonds is 4. The summed E-state index contributed by atoms with van der Waals surface area (Å²) in [6.07, 6.45) is 4.39. The van der Waals surface area contributed by atoms with Gasteiger partial charge in [0.15, 0.2) is 11.6 Å². The van der Waals surface area contributed by atoms with Gasteiger partial charge in [-0.1, -0.05) is 18.2 Å². The van der Waals surface area contributed by atoms with E-state index in [1.807, 2.05) is 37.3 Å². The monoisotopic (exact) mass is 347 g/mol. The van der Waals surface area contributed by atoms with Crippen molar-refractivity contribution in [3.8, 4) is 17.6 Å². The maximum atomic E-state index is 12.0. The normalized spacial score (nSPS) is 10.8. The van der Waals surface area contributed by atoms with Crippen LogP contribution in [0.2, 0.25) is 0 Å². The highest BCUT2D eigenvalue weighted by molar-refractivity contribution is 5.99. The molecule has 0 bridgehead atoms. The first-order valence-electron chi connectivity index (χ1n) is 7.95. The predicted molar refractivity (Wildman–Crippen MR) is 98.3 cm³/mol. The van der Waals surface area contributed by atoms with E-state index in [0.717, 1.165) is 10.9 Å². The molecule has 0 radical (unpaired) electrons. The van der Waals surface area contributed by atoms with Crippen molar-refractivity contribution < 1.29 is 9.53 Å². The Bertz CT molecular complexity index is 1060. The second-order valence-electron chi connectivity index (χ2n) is 5.57. The largest absolute Gasteiger partial charge is 0.494 e. The molecule has 7 nitrogen and oxygen atoms in total. The molecule has 2 heterocycles. The molecule has 0 atom stereocenters. The number of para-hydroxylation sites is 1. The Morgan fingerprint density at radius 1 is 1.42 bits per heavy atom. The maximum Gasteiger partial charge on any atom is 0.249 e. The summed E-state index contributed by atoms with van der Waals surface area (Å²) in [5.41, 5.74) is 1.91. The summed E-state index contributed by atoms with van der Waals surface area (Å²) in [6, 6.07) is 9.58. The number of pyridine rings is 1. The molecule has 3 aromatic rings. The molecule has 0 aliphatic rings. The van der Waals surface area contributed by atoms with E-state index in [-0.39, 0.29) is 17.3 Å². The van der Waals surface area contributed by atoms with Gasteiger partial charge in [-0.05, 0) is 37.6 Å². The number of fused-ring (bicyclic) bond motifs is 1. The number of amides is 1. The number of nitrogens with one attached hydrogen (secondary N) is 1. The molecular weight excluding hydrogens is 330 g/mol. The molecular formula is C19H17N5O2. The van der Waals surface area contributed by atoms with Crippen molar-refractivity contribution in [3.63, 3.8) is 0 Å². The molecule has 26 heavy (non-hydrogen) atoms. The van der Waals surface area contributed by atoms with Crippen molar-refractivity contribution in [3.05, 3.63) is 53.7 Å². The molecule has 1 aromatic carbocycles. The Morgan fingerprint density at radius 3 is 2.92 bits per heavy atom. The first kappa shape index (κ1) is 17.2. The molecule has 0 aliphatic carbocycles. The van der Waals surface area contributed by atoms with Crippen LogP contribution in [0, 0.1) is 18.3 Å². The standard InChI is InChI=1S/C19H17N5O2/c1-4-6-17(25)23-19-13(10-20)11-21-24(19)16-9-12(2)14-7-5-8-15(26-3)18(14)22-16/h4-9,11H,1-3H3,(H,23,25)/b6-4+. The first-order valence-corrected chi connectivity index (χ1v) is 7.95. The molecule has 1 amide bonds. The van der Waals surface area contributed by atoms with Gasteiger partial charge in [0.2, 0.25) is 5.91 Å². The summed E-state index contributed by atoms with van der Waals surface area (Å²) in [7, 11) is 1.59. The lowest BCUT2D eigenvalue weighted by Gasteiger charge is -2.12. The highest BCUT2D eigenvalue weighted by atomic mass is 16.5. The quantitative estimate of drug-likeness (QED) is 0.732. The summed E-state index contributed by atoms with van der Waals surface area (Å²) in [6.45, 7) is 3.70. The molecule has 2 aromatic heterocycles. The number of aryl methyl sites for hydroxylation is 1. The average molecular weight is 347 g/mol. The third kappa shape index (κ3) is 3.00. The zero-order valence-electron chi connectivity index (χ0n) is 14.6. The molecule has 0 aliphatic heterocycles. The molecule has 1 N–H and O–H groups in total. The fourth-order valence-corrected chi connectivity index (χ4v) is 2.68. The molecule has 3 rings (SSSR count). The number of benzene rings is 1. The third-order valence-corrected chi connectivity index (χ3v) is 3.88. The summed E-state index contributed by atoms with van der Waals surface area (Å²) >= 11 is 0. The van der Waals surface area contributed by atoms with Crippen LogP contribution in [0.5, 0.6) is 5.75 Å². The predicted octanol–water partition coefficient (Wildman–Crippen LogP) is 3.12. The molecule has 0 saturated heterocycles. The van der Waals surface area contributed by atoms with Crippen LogP contribution < -0.4 is 10.1 Å².